The van der Waals surface area contributed by atoms with E-state index in [1.165, 1.54) is 0 Å². The predicted molar refractivity (Wildman–Crippen MR) is 127 cm³/mol. The van der Waals surface area contributed by atoms with Crippen LogP contribution in [0.3, 0.4) is 0 Å². The first-order chi connectivity index (χ1) is 15.7. The molecule has 1 heterocycles. The molecule has 0 spiro atoms. The van der Waals surface area contributed by atoms with E-state index in [1.54, 1.807) is 38.4 Å². The van der Waals surface area contributed by atoms with E-state index in [0.29, 0.717) is 46.4 Å². The van der Waals surface area contributed by atoms with Gasteiger partial charge in [-0.1, -0.05) is 25.4 Å². The number of rotatable bonds is 5. The van der Waals surface area contributed by atoms with Crippen LogP contribution < -0.4 is 19.1 Å². The van der Waals surface area contributed by atoms with Crippen LogP contribution in [0.15, 0.2) is 47.7 Å². The van der Waals surface area contributed by atoms with E-state index < -0.39 is 5.92 Å². The molecule has 1 unspecified atom stereocenters. The molecule has 1 aliphatic heterocycles. The summed E-state index contributed by atoms with van der Waals surface area (Å²) in [7, 11) is 4.64. The van der Waals surface area contributed by atoms with Crippen molar-refractivity contribution in [3.63, 3.8) is 0 Å². The number of halogens is 1. The van der Waals surface area contributed by atoms with Crippen molar-refractivity contribution in [2.75, 3.05) is 26.2 Å². The average Bonchev–Trinajstić information content (AvgIpc) is 2.77. The van der Waals surface area contributed by atoms with Crippen LogP contribution in [0.4, 0.5) is 5.69 Å². The van der Waals surface area contributed by atoms with Crippen LogP contribution in [0.1, 0.15) is 44.6 Å². The molecule has 0 saturated carbocycles. The summed E-state index contributed by atoms with van der Waals surface area (Å²) in [5.41, 5.74) is 2.68. The van der Waals surface area contributed by atoms with E-state index in [4.69, 9.17) is 25.8 Å². The minimum atomic E-state index is -0.395. The SMILES string of the molecule is COc1cc(C2CC(=O)N(c3ccc(Cl)cc3)C3=C2C(=O)CC(C)(C)C3)cc(OC)c1OC. The Labute approximate surface area is 199 Å². The standard InChI is InChI=1S/C26H28ClNO5/c1-26(2)13-19-24(20(29)14-26)18(12-23(30)28(19)17-8-6-16(27)7-9-17)15-10-21(31-3)25(33-5)22(11-15)32-4/h6-11,18H,12-14H2,1-5H3. The summed E-state index contributed by atoms with van der Waals surface area (Å²) >= 11 is 6.07. The average molecular weight is 470 g/mol. The lowest BCUT2D eigenvalue weighted by atomic mass is 9.69. The lowest BCUT2D eigenvalue weighted by molar-refractivity contribution is -0.121. The van der Waals surface area contributed by atoms with Gasteiger partial charge in [0.05, 0.1) is 21.3 Å². The van der Waals surface area contributed by atoms with Crippen LogP contribution in [0.2, 0.25) is 5.02 Å². The number of hydrogen-bond acceptors (Lipinski definition) is 5. The highest BCUT2D eigenvalue weighted by molar-refractivity contribution is 6.30. The summed E-state index contributed by atoms with van der Waals surface area (Å²) in [5.74, 6) is 1.05. The molecule has 0 N–H and O–H groups in total. The summed E-state index contributed by atoms with van der Waals surface area (Å²) in [5, 5.41) is 0.591. The Morgan fingerprint density at radius 2 is 1.55 bits per heavy atom. The molecule has 1 atom stereocenters. The van der Waals surface area contributed by atoms with Crippen molar-refractivity contribution in [2.45, 2.75) is 39.0 Å². The normalized spacial score (nSPS) is 19.9. The monoisotopic (exact) mass is 469 g/mol. The molecule has 2 aliphatic rings. The van der Waals surface area contributed by atoms with Gasteiger partial charge in [-0.05, 0) is 53.8 Å². The van der Waals surface area contributed by atoms with Crippen molar-refractivity contribution in [3.8, 4) is 17.2 Å². The van der Waals surface area contributed by atoms with Crippen molar-refractivity contribution < 1.29 is 23.8 Å². The number of hydrogen-bond donors (Lipinski definition) is 0. The smallest absolute Gasteiger partial charge is 0.232 e. The topological polar surface area (TPSA) is 65.1 Å². The zero-order valence-corrected chi connectivity index (χ0v) is 20.3. The van der Waals surface area contributed by atoms with E-state index in [9.17, 15) is 9.59 Å². The van der Waals surface area contributed by atoms with Crippen LogP contribution in [-0.2, 0) is 9.59 Å². The Kier molecular flexibility index (Phi) is 6.14. The molecule has 0 aromatic heterocycles. The first kappa shape index (κ1) is 23.2. The molecule has 7 heteroatoms. The van der Waals surface area contributed by atoms with Crippen LogP contribution in [0, 0.1) is 5.41 Å². The summed E-state index contributed by atoms with van der Waals surface area (Å²) in [6.07, 6.45) is 1.20. The Hall–Kier alpha value is -2.99. The van der Waals surface area contributed by atoms with Crippen molar-refractivity contribution >= 4 is 29.0 Å². The molecule has 33 heavy (non-hydrogen) atoms. The van der Waals surface area contributed by atoms with Gasteiger partial charge in [0.25, 0.3) is 0 Å². The molecule has 0 radical (unpaired) electrons. The van der Waals surface area contributed by atoms with Gasteiger partial charge in [-0.15, -0.1) is 0 Å². The number of amides is 1. The summed E-state index contributed by atoms with van der Waals surface area (Å²) in [6.45, 7) is 4.12. The largest absolute Gasteiger partial charge is 0.493 e. The maximum Gasteiger partial charge on any atom is 0.232 e. The van der Waals surface area contributed by atoms with Crippen molar-refractivity contribution in [2.24, 2.45) is 5.41 Å². The molecular formula is C26H28ClNO5. The lowest BCUT2D eigenvalue weighted by Gasteiger charge is -2.43. The second-order valence-corrected chi connectivity index (χ2v) is 9.66. The third-order valence-electron chi connectivity index (χ3n) is 6.32. The molecule has 6 nitrogen and oxygen atoms in total. The number of anilines is 1. The lowest BCUT2D eigenvalue weighted by Crippen LogP contribution is -2.43. The zero-order chi connectivity index (χ0) is 23.9. The van der Waals surface area contributed by atoms with E-state index in [2.05, 4.69) is 13.8 Å². The molecule has 2 aromatic rings. The van der Waals surface area contributed by atoms with Gasteiger partial charge in [0, 0.05) is 40.7 Å². The number of ether oxygens (including phenoxy) is 3. The van der Waals surface area contributed by atoms with Gasteiger partial charge in [-0.25, -0.2) is 0 Å². The summed E-state index contributed by atoms with van der Waals surface area (Å²) in [4.78, 5) is 28.7. The molecule has 0 fully saturated rings. The van der Waals surface area contributed by atoms with Gasteiger partial charge in [0.1, 0.15) is 0 Å². The highest BCUT2D eigenvalue weighted by Crippen LogP contribution is 2.50. The molecule has 1 aliphatic carbocycles. The van der Waals surface area contributed by atoms with E-state index in [0.717, 1.165) is 11.3 Å². The number of nitrogens with zero attached hydrogens (tertiary/aromatic N) is 1. The number of carbonyl (C=O) groups excluding carboxylic acids is 2. The number of benzene rings is 2. The number of ketones is 1. The first-order valence-corrected chi connectivity index (χ1v) is 11.2. The fourth-order valence-corrected chi connectivity index (χ4v) is 5.02. The van der Waals surface area contributed by atoms with Gasteiger partial charge >= 0.3 is 0 Å². The maximum absolute atomic E-state index is 13.5. The van der Waals surface area contributed by atoms with Gasteiger partial charge in [0.15, 0.2) is 17.3 Å². The molecule has 0 bridgehead atoms. The molecule has 0 saturated heterocycles. The minimum Gasteiger partial charge on any atom is -0.493 e. The van der Waals surface area contributed by atoms with Crippen molar-refractivity contribution in [3.05, 3.63) is 58.3 Å². The number of methoxy groups -OCH3 is 3. The van der Waals surface area contributed by atoms with E-state index in [-0.39, 0.29) is 23.5 Å². The molecule has 174 valence electrons. The molecule has 2 aromatic carbocycles. The second-order valence-electron chi connectivity index (χ2n) is 9.22. The number of Topliss-reactive ketones (excluding diaryl/α,β-unsaturated/α-hetero) is 1. The Bertz CT molecular complexity index is 1110. The molecule has 4 rings (SSSR count). The molecular weight excluding hydrogens is 442 g/mol. The summed E-state index contributed by atoms with van der Waals surface area (Å²) < 4.78 is 16.5. The highest BCUT2D eigenvalue weighted by atomic mass is 35.5. The van der Waals surface area contributed by atoms with Crippen LogP contribution in [0.25, 0.3) is 0 Å². The first-order valence-electron chi connectivity index (χ1n) is 10.8. The van der Waals surface area contributed by atoms with Gasteiger partial charge in [0.2, 0.25) is 11.7 Å². The van der Waals surface area contributed by atoms with Gasteiger partial charge in [-0.3, -0.25) is 14.5 Å². The van der Waals surface area contributed by atoms with Gasteiger partial charge in [-0.2, -0.15) is 0 Å². The number of allylic oxidation sites excluding steroid dienone is 2. The quantitative estimate of drug-likeness (QED) is 0.576. The van der Waals surface area contributed by atoms with E-state index >= 15 is 0 Å². The maximum atomic E-state index is 13.5. The van der Waals surface area contributed by atoms with Gasteiger partial charge < -0.3 is 14.2 Å². The second kappa shape index (κ2) is 8.75. The fraction of sp³-hybridized carbons (Fsp3) is 0.385. The predicted octanol–water partition coefficient (Wildman–Crippen LogP) is 5.53. The fourth-order valence-electron chi connectivity index (χ4n) is 4.89. The number of carbonyl (C=O) groups is 2. The minimum absolute atomic E-state index is 0.0615. The van der Waals surface area contributed by atoms with Crippen LogP contribution >= 0.6 is 11.6 Å². The summed E-state index contributed by atoms with van der Waals surface area (Å²) in [6, 6.07) is 10.8. The van der Waals surface area contributed by atoms with Crippen LogP contribution in [-0.4, -0.2) is 33.0 Å². The van der Waals surface area contributed by atoms with E-state index in [1.807, 2.05) is 24.3 Å². The van der Waals surface area contributed by atoms with Crippen molar-refractivity contribution in [1.82, 2.24) is 0 Å². The Morgan fingerprint density at radius 1 is 0.939 bits per heavy atom. The molecule has 1 amide bonds. The Morgan fingerprint density at radius 3 is 2.09 bits per heavy atom. The zero-order valence-electron chi connectivity index (χ0n) is 19.5. The van der Waals surface area contributed by atoms with Crippen LogP contribution in [0.5, 0.6) is 17.2 Å². The third-order valence-corrected chi connectivity index (χ3v) is 6.57. The third kappa shape index (κ3) is 4.20. The highest BCUT2D eigenvalue weighted by Gasteiger charge is 2.44. The van der Waals surface area contributed by atoms with Crippen molar-refractivity contribution in [1.29, 1.82) is 0 Å². The Balaban J connectivity index is 1.91.